The van der Waals surface area contributed by atoms with Crippen molar-refractivity contribution in [3.63, 3.8) is 0 Å². The monoisotopic (exact) mass is 292 g/mol. The maximum Gasteiger partial charge on any atom is 0.226 e. The maximum atomic E-state index is 12.8. The number of carbonyl (C=O) groups excluding carboxylic acids is 1. The summed E-state index contributed by atoms with van der Waals surface area (Å²) < 4.78 is 12.8. The molecule has 5 heteroatoms. The predicted molar refractivity (Wildman–Crippen MR) is 80.2 cm³/mol. The van der Waals surface area contributed by atoms with E-state index >= 15 is 0 Å². The topological polar surface area (TPSA) is 43.8 Å². The van der Waals surface area contributed by atoms with Gasteiger partial charge in [-0.15, -0.1) is 0 Å². The number of β-amino-alcohol motifs (C(OH)–C–C–N with tert-alkyl or cyclic N) is 1. The van der Waals surface area contributed by atoms with Crippen LogP contribution >= 0.6 is 0 Å². The first-order valence-corrected chi connectivity index (χ1v) is 7.22. The average Bonchev–Trinajstić information content (AvgIpc) is 2.50. The molecule has 4 nitrogen and oxygen atoms in total. The van der Waals surface area contributed by atoms with E-state index in [1.807, 2.05) is 17.1 Å². The van der Waals surface area contributed by atoms with Crippen LogP contribution in [0.2, 0.25) is 0 Å². The summed E-state index contributed by atoms with van der Waals surface area (Å²) in [4.78, 5) is 16.1. The van der Waals surface area contributed by atoms with Gasteiger partial charge < -0.3 is 10.0 Å². The normalized spacial score (nSPS) is 16.6. The second-order valence-corrected chi connectivity index (χ2v) is 5.10. The van der Waals surface area contributed by atoms with Gasteiger partial charge in [0, 0.05) is 39.1 Å². The molecule has 0 radical (unpaired) electrons. The molecule has 0 bridgehead atoms. The molecular formula is C16H21FN2O2. The van der Waals surface area contributed by atoms with Crippen LogP contribution in [0.15, 0.2) is 30.3 Å². The van der Waals surface area contributed by atoms with Gasteiger partial charge in [-0.05, 0) is 17.7 Å². The van der Waals surface area contributed by atoms with Crippen molar-refractivity contribution in [2.24, 2.45) is 0 Å². The third kappa shape index (κ3) is 4.95. The van der Waals surface area contributed by atoms with Crippen molar-refractivity contribution in [3.8, 4) is 0 Å². The average molecular weight is 292 g/mol. The van der Waals surface area contributed by atoms with Crippen molar-refractivity contribution in [3.05, 3.63) is 41.7 Å². The second kappa shape index (κ2) is 7.90. The van der Waals surface area contributed by atoms with Crippen LogP contribution in [-0.4, -0.2) is 60.1 Å². The Bertz CT molecular complexity index is 480. The minimum atomic E-state index is -0.260. The van der Waals surface area contributed by atoms with Crippen LogP contribution in [0.1, 0.15) is 12.0 Å². The zero-order valence-corrected chi connectivity index (χ0v) is 12.0. The fourth-order valence-electron chi connectivity index (χ4n) is 2.36. The first kappa shape index (κ1) is 15.7. The molecule has 0 aliphatic carbocycles. The number of halogens is 1. The molecule has 1 fully saturated rings. The van der Waals surface area contributed by atoms with Crippen molar-refractivity contribution >= 4 is 12.0 Å². The lowest BCUT2D eigenvalue weighted by Gasteiger charge is -2.34. The minimum absolute atomic E-state index is 0.108. The van der Waals surface area contributed by atoms with E-state index in [-0.39, 0.29) is 18.3 Å². The standard InChI is InChI=1S/C16H21FN2O2/c17-15-6-4-14(5-7-15)2-1-3-16(21)19-10-8-18(9-11-19)12-13-20/h1-2,4-7,20H,3,8-13H2/b2-1+. The van der Waals surface area contributed by atoms with Crippen LogP contribution in [0.3, 0.4) is 0 Å². The Hall–Kier alpha value is -1.72. The highest BCUT2D eigenvalue weighted by Crippen LogP contribution is 2.07. The lowest BCUT2D eigenvalue weighted by Crippen LogP contribution is -2.49. The van der Waals surface area contributed by atoms with Gasteiger partial charge in [-0.1, -0.05) is 24.3 Å². The zero-order valence-electron chi connectivity index (χ0n) is 12.0. The third-order valence-electron chi connectivity index (χ3n) is 3.61. The molecule has 1 saturated heterocycles. The van der Waals surface area contributed by atoms with E-state index in [2.05, 4.69) is 4.90 Å². The van der Waals surface area contributed by atoms with Gasteiger partial charge in [0.05, 0.1) is 6.61 Å². The number of aliphatic hydroxyl groups is 1. The summed E-state index contributed by atoms with van der Waals surface area (Å²) in [7, 11) is 0. The van der Waals surface area contributed by atoms with E-state index in [9.17, 15) is 9.18 Å². The van der Waals surface area contributed by atoms with Crippen molar-refractivity contribution in [1.82, 2.24) is 9.80 Å². The number of hydrogen-bond acceptors (Lipinski definition) is 3. The van der Waals surface area contributed by atoms with Gasteiger partial charge in [0.1, 0.15) is 5.82 Å². The van der Waals surface area contributed by atoms with E-state index in [0.717, 1.165) is 18.7 Å². The molecule has 1 aromatic carbocycles. The molecule has 0 atom stereocenters. The highest BCUT2D eigenvalue weighted by atomic mass is 19.1. The molecule has 0 spiro atoms. The largest absolute Gasteiger partial charge is 0.395 e. The highest BCUT2D eigenvalue weighted by molar-refractivity contribution is 5.78. The number of aliphatic hydroxyl groups excluding tert-OH is 1. The summed E-state index contributed by atoms with van der Waals surface area (Å²) >= 11 is 0. The zero-order chi connectivity index (χ0) is 15.1. The van der Waals surface area contributed by atoms with Gasteiger partial charge in [-0.25, -0.2) is 4.39 Å². The maximum absolute atomic E-state index is 12.8. The van der Waals surface area contributed by atoms with Crippen LogP contribution in [0, 0.1) is 5.82 Å². The van der Waals surface area contributed by atoms with Gasteiger partial charge in [-0.2, -0.15) is 0 Å². The third-order valence-corrected chi connectivity index (χ3v) is 3.61. The van der Waals surface area contributed by atoms with Crippen molar-refractivity contribution in [1.29, 1.82) is 0 Å². The Balaban J connectivity index is 1.76. The molecule has 1 aliphatic heterocycles. The summed E-state index contributed by atoms with van der Waals surface area (Å²) in [6, 6.07) is 6.18. The fraction of sp³-hybridized carbons (Fsp3) is 0.438. The van der Waals surface area contributed by atoms with Gasteiger partial charge in [-0.3, -0.25) is 9.69 Å². The summed E-state index contributed by atoms with van der Waals surface area (Å²) in [5, 5.41) is 8.88. The molecule has 0 saturated carbocycles. The molecule has 114 valence electrons. The quantitative estimate of drug-likeness (QED) is 0.891. The molecule has 1 aliphatic rings. The molecular weight excluding hydrogens is 271 g/mol. The minimum Gasteiger partial charge on any atom is -0.395 e. The van der Waals surface area contributed by atoms with Crippen LogP contribution in [-0.2, 0) is 4.79 Å². The van der Waals surface area contributed by atoms with Crippen LogP contribution in [0.25, 0.3) is 6.08 Å². The Labute approximate surface area is 124 Å². The summed E-state index contributed by atoms with van der Waals surface area (Å²) in [5.41, 5.74) is 0.886. The number of piperazine rings is 1. The van der Waals surface area contributed by atoms with Gasteiger partial charge in [0.15, 0.2) is 0 Å². The Kier molecular flexibility index (Phi) is 5.90. The lowest BCUT2D eigenvalue weighted by atomic mass is 10.2. The van der Waals surface area contributed by atoms with Crippen molar-refractivity contribution in [2.45, 2.75) is 6.42 Å². The number of rotatable bonds is 5. The van der Waals surface area contributed by atoms with Crippen molar-refractivity contribution < 1.29 is 14.3 Å². The van der Waals surface area contributed by atoms with Crippen molar-refractivity contribution in [2.75, 3.05) is 39.3 Å². The Morgan fingerprint density at radius 1 is 1.19 bits per heavy atom. The number of nitrogens with zero attached hydrogens (tertiary/aromatic N) is 2. The van der Waals surface area contributed by atoms with E-state index in [0.29, 0.717) is 26.1 Å². The summed E-state index contributed by atoms with van der Waals surface area (Å²) in [5.74, 6) is -0.152. The first-order valence-electron chi connectivity index (χ1n) is 7.22. The highest BCUT2D eigenvalue weighted by Gasteiger charge is 2.19. The predicted octanol–water partition coefficient (Wildman–Crippen LogP) is 1.37. The summed E-state index contributed by atoms with van der Waals surface area (Å²) in [6.45, 7) is 3.88. The van der Waals surface area contributed by atoms with Gasteiger partial charge >= 0.3 is 0 Å². The molecule has 2 rings (SSSR count). The Morgan fingerprint density at radius 3 is 2.48 bits per heavy atom. The van der Waals surface area contributed by atoms with E-state index in [4.69, 9.17) is 5.11 Å². The number of benzene rings is 1. The molecule has 1 N–H and O–H groups in total. The lowest BCUT2D eigenvalue weighted by molar-refractivity contribution is -0.132. The van der Waals surface area contributed by atoms with E-state index in [1.54, 1.807) is 12.1 Å². The molecule has 1 heterocycles. The van der Waals surface area contributed by atoms with E-state index < -0.39 is 0 Å². The van der Waals surface area contributed by atoms with Crippen LogP contribution < -0.4 is 0 Å². The smallest absolute Gasteiger partial charge is 0.226 e. The number of hydrogen-bond donors (Lipinski definition) is 1. The van der Waals surface area contributed by atoms with E-state index in [1.165, 1.54) is 12.1 Å². The number of amides is 1. The summed E-state index contributed by atoms with van der Waals surface area (Å²) in [6.07, 6.45) is 4.01. The molecule has 0 unspecified atom stereocenters. The SMILES string of the molecule is O=C(C/C=C/c1ccc(F)cc1)N1CCN(CCO)CC1. The molecule has 0 aromatic heterocycles. The molecule has 21 heavy (non-hydrogen) atoms. The molecule has 1 aromatic rings. The fourth-order valence-corrected chi connectivity index (χ4v) is 2.36. The first-order chi connectivity index (χ1) is 10.2. The second-order valence-electron chi connectivity index (χ2n) is 5.10. The van der Waals surface area contributed by atoms with Gasteiger partial charge in [0.2, 0.25) is 5.91 Å². The van der Waals surface area contributed by atoms with Gasteiger partial charge in [0.25, 0.3) is 0 Å². The van der Waals surface area contributed by atoms with Crippen LogP contribution in [0.4, 0.5) is 4.39 Å². The number of carbonyl (C=O) groups is 1. The Morgan fingerprint density at radius 2 is 1.86 bits per heavy atom. The van der Waals surface area contributed by atoms with Crippen LogP contribution in [0.5, 0.6) is 0 Å². The molecule has 1 amide bonds.